The number of hydrogen-bond acceptors (Lipinski definition) is 10. The molecule has 1 N–H and O–H groups in total. The maximum atomic E-state index is 17.4. The molecule has 0 saturated carbocycles. The third kappa shape index (κ3) is 5.24. The fraction of sp³-hybridized carbons (Fsp3) is 0.487. The van der Waals surface area contributed by atoms with E-state index in [-0.39, 0.29) is 76.7 Å². The second kappa shape index (κ2) is 11.9. The van der Waals surface area contributed by atoms with Crippen LogP contribution in [0.3, 0.4) is 0 Å². The lowest BCUT2D eigenvalue weighted by molar-refractivity contribution is -0.142. The third-order valence-corrected chi connectivity index (χ3v) is 11.4. The largest absolute Gasteiger partial charge is 0.475 e. The van der Waals surface area contributed by atoms with Crippen LogP contribution in [0.15, 0.2) is 24.3 Å². The van der Waals surface area contributed by atoms with Crippen molar-refractivity contribution in [3.8, 4) is 41.2 Å². The van der Waals surface area contributed by atoms with Gasteiger partial charge in [-0.2, -0.15) is 9.97 Å². The van der Waals surface area contributed by atoms with E-state index < -0.39 is 34.7 Å². The summed E-state index contributed by atoms with van der Waals surface area (Å²) in [5.41, 5.74) is -1.61. The minimum atomic E-state index is -0.944. The number of carbonyl (C=O) groups excluding carboxylic acids is 1. The molecule has 0 unspecified atom stereocenters. The van der Waals surface area contributed by atoms with E-state index >= 15 is 8.78 Å². The maximum absolute atomic E-state index is 17.4. The van der Waals surface area contributed by atoms with Crippen LogP contribution in [0, 0.1) is 29.4 Å². The van der Waals surface area contributed by atoms with E-state index in [1.54, 1.807) is 26.8 Å². The van der Waals surface area contributed by atoms with Crippen LogP contribution in [-0.4, -0.2) is 88.5 Å². The Balaban J connectivity index is 1.24. The van der Waals surface area contributed by atoms with Crippen LogP contribution in [0.25, 0.3) is 32.9 Å². The summed E-state index contributed by atoms with van der Waals surface area (Å²) in [6.07, 6.45) is 8.91. The molecule has 7 heterocycles. The Kier molecular flexibility index (Phi) is 7.61. The van der Waals surface area contributed by atoms with Crippen LogP contribution < -0.4 is 24.4 Å². The molecule has 0 radical (unpaired) electrons. The van der Waals surface area contributed by atoms with Gasteiger partial charge in [0.15, 0.2) is 5.82 Å². The Hall–Kier alpha value is -4.67. The van der Waals surface area contributed by atoms with Gasteiger partial charge in [-0.15, -0.1) is 6.42 Å². The highest BCUT2D eigenvalue weighted by atomic mass is 19.1. The number of nitrogens with one attached hydrogen (secondary N) is 1. The van der Waals surface area contributed by atoms with Gasteiger partial charge in [0.1, 0.15) is 53.4 Å². The van der Waals surface area contributed by atoms with Gasteiger partial charge in [-0.25, -0.2) is 18.2 Å². The first-order valence-electron chi connectivity index (χ1n) is 18.0. The lowest BCUT2D eigenvalue weighted by Crippen LogP contribution is -2.60. The molecular weight excluding hydrogens is 673 g/mol. The molecule has 2 bridgehead atoms. The van der Waals surface area contributed by atoms with Gasteiger partial charge in [-0.3, -0.25) is 9.69 Å². The second-order valence-electron chi connectivity index (χ2n) is 15.9. The van der Waals surface area contributed by atoms with Crippen molar-refractivity contribution in [3.05, 3.63) is 41.5 Å². The van der Waals surface area contributed by atoms with Crippen molar-refractivity contribution in [2.45, 2.75) is 82.7 Å². The Morgan fingerprint density at radius 2 is 2.00 bits per heavy atom. The molecule has 2 aromatic carbocycles. The summed E-state index contributed by atoms with van der Waals surface area (Å²) >= 11 is 0. The van der Waals surface area contributed by atoms with Gasteiger partial charge < -0.3 is 24.4 Å². The average Bonchev–Trinajstić information content (AvgIpc) is 3.74. The predicted molar refractivity (Wildman–Crippen MR) is 188 cm³/mol. The number of alkyl halides is 1. The quantitative estimate of drug-likeness (QED) is 0.157. The molecule has 0 amide bonds. The number of aromatic nitrogens is 3. The Morgan fingerprint density at radius 1 is 1.15 bits per heavy atom. The summed E-state index contributed by atoms with van der Waals surface area (Å²) in [5.74, 6) is 1.08. The smallest absolute Gasteiger partial charge is 0.319 e. The molecule has 2 aromatic heterocycles. The van der Waals surface area contributed by atoms with Gasteiger partial charge in [-0.1, -0.05) is 12.0 Å². The van der Waals surface area contributed by atoms with Crippen molar-refractivity contribution in [1.82, 2.24) is 25.2 Å². The molecule has 13 heteroatoms. The van der Waals surface area contributed by atoms with Crippen LogP contribution in [0.1, 0.15) is 58.4 Å². The van der Waals surface area contributed by atoms with Gasteiger partial charge in [0.2, 0.25) is 5.88 Å². The van der Waals surface area contributed by atoms with E-state index in [4.69, 9.17) is 30.6 Å². The van der Waals surface area contributed by atoms with Gasteiger partial charge >= 0.3 is 12.0 Å². The zero-order valence-electron chi connectivity index (χ0n) is 29.3. The number of ether oxygens (including phenoxy) is 3. The van der Waals surface area contributed by atoms with Crippen LogP contribution in [0.4, 0.5) is 19.0 Å². The van der Waals surface area contributed by atoms with Crippen molar-refractivity contribution < 1.29 is 32.2 Å². The number of piperazine rings is 1. The van der Waals surface area contributed by atoms with E-state index in [0.29, 0.717) is 36.1 Å². The highest BCUT2D eigenvalue weighted by molar-refractivity contribution is 6.04. The molecule has 0 spiro atoms. The molecule has 52 heavy (non-hydrogen) atoms. The number of carbonyl (C=O) groups is 1. The van der Waals surface area contributed by atoms with Crippen molar-refractivity contribution in [3.63, 3.8) is 0 Å². The first kappa shape index (κ1) is 33.2. The second-order valence-corrected chi connectivity index (χ2v) is 15.9. The summed E-state index contributed by atoms with van der Waals surface area (Å²) in [4.78, 5) is 31.6. The van der Waals surface area contributed by atoms with Crippen molar-refractivity contribution in [2.24, 2.45) is 5.41 Å². The Morgan fingerprint density at radius 3 is 2.81 bits per heavy atom. The summed E-state index contributed by atoms with van der Waals surface area (Å²) in [7, 11) is 0. The van der Waals surface area contributed by atoms with Crippen LogP contribution in [-0.2, 0) is 4.79 Å². The predicted octanol–water partition coefficient (Wildman–Crippen LogP) is 5.71. The van der Waals surface area contributed by atoms with E-state index in [1.165, 1.54) is 18.2 Å². The number of terminal acetylenes is 1. The third-order valence-electron chi connectivity index (χ3n) is 11.4. The Bertz CT molecular complexity index is 2200. The molecule has 0 aliphatic carbocycles. The van der Waals surface area contributed by atoms with Gasteiger partial charge in [0.25, 0.3) is 0 Å². The van der Waals surface area contributed by atoms with Crippen molar-refractivity contribution >= 4 is 33.5 Å². The summed E-state index contributed by atoms with van der Waals surface area (Å²) in [6, 6.07) is 5.92. The SMILES string of the molecule is C#Cc1c(F)ccc2cc(OC(=O)C(C)(C)C)cc(-c3nc4c5c(nc(OC[C@@]67CCCN6C[C@H](F)C7)nc5c3F)N3C[C@H]5CC[C@H](N5)[C@H]3CO4)c12. The van der Waals surface area contributed by atoms with E-state index in [1.807, 2.05) is 0 Å². The van der Waals surface area contributed by atoms with E-state index in [2.05, 4.69) is 26.0 Å². The summed E-state index contributed by atoms with van der Waals surface area (Å²) < 4.78 is 65.8. The molecule has 10 nitrogen and oxygen atoms in total. The molecular formula is C39H39F3N6O4. The molecule has 4 saturated heterocycles. The van der Waals surface area contributed by atoms with Crippen LogP contribution >= 0.6 is 0 Å². The Labute approximate surface area is 299 Å². The topological polar surface area (TPSA) is 102 Å². The van der Waals surface area contributed by atoms with Crippen LogP contribution in [0.5, 0.6) is 17.6 Å². The summed E-state index contributed by atoms with van der Waals surface area (Å²) in [6.45, 7) is 7.34. The van der Waals surface area contributed by atoms with E-state index in [0.717, 1.165) is 32.2 Å². The highest BCUT2D eigenvalue weighted by Crippen LogP contribution is 2.46. The van der Waals surface area contributed by atoms with Gasteiger partial charge in [-0.05, 0) is 76.6 Å². The molecule has 4 fully saturated rings. The average molecular weight is 713 g/mol. The number of hydrogen-bond donors (Lipinski definition) is 1. The fourth-order valence-electron chi connectivity index (χ4n) is 8.87. The molecule has 4 aromatic rings. The number of rotatable bonds is 5. The minimum Gasteiger partial charge on any atom is -0.475 e. The lowest BCUT2D eigenvalue weighted by Gasteiger charge is -2.40. The number of esters is 1. The monoisotopic (exact) mass is 712 g/mol. The zero-order chi connectivity index (χ0) is 36.1. The molecule has 5 atom stereocenters. The summed E-state index contributed by atoms with van der Waals surface area (Å²) in [5, 5.41) is 4.61. The first-order chi connectivity index (χ1) is 24.9. The maximum Gasteiger partial charge on any atom is 0.319 e. The number of nitrogens with zero attached hydrogens (tertiary/aromatic N) is 5. The molecule has 9 rings (SSSR count). The minimum absolute atomic E-state index is 0.0346. The van der Waals surface area contributed by atoms with E-state index in [9.17, 15) is 9.18 Å². The molecule has 5 aliphatic heterocycles. The number of benzene rings is 2. The number of fused-ring (bicyclic) bond motifs is 7. The standard InChI is InChI=1S/C39H39F3N6O4/c1-5-24-26(41)9-7-20-13-23(52-36(49)38(2,3)4)14-25(29(20)24)32-31(42)33-30-34(48-17-22-8-10-27(43-22)28(48)18-50-35(30)44-32)46-37(45-33)51-19-39-11-6-12-47(39)16-21(40)15-39/h1,7,9,13-14,21-22,27-28,43H,6,8,10-12,15-19H2,2-4H3/t21-,22-,27+,28-,39+/m1/s1. The van der Waals surface area contributed by atoms with Crippen LogP contribution in [0.2, 0.25) is 0 Å². The van der Waals surface area contributed by atoms with Crippen molar-refractivity contribution in [2.75, 3.05) is 37.7 Å². The van der Waals surface area contributed by atoms with Gasteiger partial charge in [0.05, 0.1) is 22.6 Å². The highest BCUT2D eigenvalue weighted by Gasteiger charge is 2.50. The molecule has 270 valence electrons. The number of halogens is 3. The lowest BCUT2D eigenvalue weighted by atomic mass is 9.95. The zero-order valence-corrected chi connectivity index (χ0v) is 29.3. The van der Waals surface area contributed by atoms with Crippen molar-refractivity contribution in [1.29, 1.82) is 0 Å². The number of pyridine rings is 1. The van der Waals surface area contributed by atoms with Gasteiger partial charge in [0, 0.05) is 42.5 Å². The first-order valence-corrected chi connectivity index (χ1v) is 18.0. The normalized spacial score (nSPS) is 26.5. The fourth-order valence-corrected chi connectivity index (χ4v) is 8.87. The number of anilines is 1. The molecule has 5 aliphatic rings.